The summed E-state index contributed by atoms with van der Waals surface area (Å²) in [7, 11) is 0. The van der Waals surface area contributed by atoms with E-state index in [1.807, 2.05) is 0 Å². The Morgan fingerprint density at radius 2 is 1.94 bits per heavy atom. The van der Waals surface area contributed by atoms with Gasteiger partial charge in [0.05, 0.1) is 0 Å². The van der Waals surface area contributed by atoms with Crippen LogP contribution in [0.2, 0.25) is 0 Å². The van der Waals surface area contributed by atoms with E-state index in [-0.39, 0.29) is 17.4 Å². The van der Waals surface area contributed by atoms with Crippen LogP contribution in [0.3, 0.4) is 0 Å². The predicted molar refractivity (Wildman–Crippen MR) is 68.3 cm³/mol. The van der Waals surface area contributed by atoms with Crippen molar-refractivity contribution in [2.45, 2.75) is 38.1 Å². The van der Waals surface area contributed by atoms with E-state index in [1.165, 1.54) is 5.56 Å². The van der Waals surface area contributed by atoms with Crippen LogP contribution in [0.5, 0.6) is 0 Å². The Labute approximate surface area is 105 Å². The first-order valence-electron chi connectivity index (χ1n) is 5.58. The van der Waals surface area contributed by atoms with Gasteiger partial charge in [0.15, 0.2) is 0 Å². The average Bonchev–Trinajstić information content (AvgIpc) is 2.98. The molecule has 0 saturated heterocycles. The van der Waals surface area contributed by atoms with Crippen LogP contribution in [0.1, 0.15) is 32.3 Å². The molecule has 0 radical (unpaired) electrons. The Morgan fingerprint density at radius 1 is 1.38 bits per heavy atom. The molecule has 0 spiro atoms. The third-order valence-electron chi connectivity index (χ3n) is 3.46. The molecule has 1 fully saturated rings. The molecular formula is C13H16BrNO. The van der Waals surface area contributed by atoms with Crippen molar-refractivity contribution in [3.63, 3.8) is 0 Å². The Bertz CT molecular complexity index is 395. The van der Waals surface area contributed by atoms with Gasteiger partial charge in [-0.05, 0) is 37.5 Å². The van der Waals surface area contributed by atoms with E-state index in [4.69, 9.17) is 0 Å². The fourth-order valence-electron chi connectivity index (χ4n) is 2.33. The summed E-state index contributed by atoms with van der Waals surface area (Å²) < 4.78 is 1.10. The van der Waals surface area contributed by atoms with E-state index in [0.717, 1.165) is 17.3 Å². The van der Waals surface area contributed by atoms with Gasteiger partial charge in [-0.25, -0.2) is 0 Å². The van der Waals surface area contributed by atoms with Gasteiger partial charge in [0.2, 0.25) is 5.91 Å². The lowest BCUT2D eigenvalue weighted by Crippen LogP contribution is -2.40. The van der Waals surface area contributed by atoms with Gasteiger partial charge in [-0.15, -0.1) is 0 Å². The van der Waals surface area contributed by atoms with Crippen molar-refractivity contribution in [1.82, 2.24) is 5.32 Å². The summed E-state index contributed by atoms with van der Waals surface area (Å²) in [6.07, 6.45) is 2.33. The number of amides is 1. The van der Waals surface area contributed by atoms with Crippen molar-refractivity contribution >= 4 is 21.8 Å². The number of carbonyl (C=O) groups excluding carboxylic acids is 1. The van der Waals surface area contributed by atoms with Gasteiger partial charge in [0.25, 0.3) is 0 Å². The third-order valence-corrected chi connectivity index (χ3v) is 3.99. The minimum atomic E-state index is 0.0517. The molecule has 1 aromatic carbocycles. The smallest absolute Gasteiger partial charge is 0.217 e. The molecule has 0 aromatic heterocycles. The quantitative estimate of drug-likeness (QED) is 0.907. The van der Waals surface area contributed by atoms with Crippen LogP contribution >= 0.6 is 15.9 Å². The lowest BCUT2D eigenvalue weighted by Gasteiger charge is -2.24. The van der Waals surface area contributed by atoms with Crippen LogP contribution in [0.25, 0.3) is 0 Å². The van der Waals surface area contributed by atoms with Crippen molar-refractivity contribution in [2.24, 2.45) is 0 Å². The number of carbonyl (C=O) groups is 1. The molecular weight excluding hydrogens is 266 g/mol. The monoisotopic (exact) mass is 281 g/mol. The van der Waals surface area contributed by atoms with Crippen molar-refractivity contribution in [2.75, 3.05) is 0 Å². The molecule has 1 saturated carbocycles. The minimum Gasteiger partial charge on any atom is -0.353 e. The zero-order valence-corrected chi connectivity index (χ0v) is 11.2. The number of halogens is 1. The van der Waals surface area contributed by atoms with Crippen molar-refractivity contribution < 1.29 is 4.79 Å². The SMILES string of the molecule is CC(=O)NC(C)C1(c2ccc(Br)cc2)CC1. The lowest BCUT2D eigenvalue weighted by molar-refractivity contribution is -0.119. The van der Waals surface area contributed by atoms with Crippen LogP contribution < -0.4 is 5.32 Å². The summed E-state index contributed by atoms with van der Waals surface area (Å²) >= 11 is 3.44. The first-order chi connectivity index (χ1) is 7.54. The van der Waals surface area contributed by atoms with Crippen LogP contribution in [-0.2, 0) is 10.2 Å². The van der Waals surface area contributed by atoms with E-state index >= 15 is 0 Å². The van der Waals surface area contributed by atoms with Crippen LogP contribution in [-0.4, -0.2) is 11.9 Å². The van der Waals surface area contributed by atoms with Gasteiger partial charge in [0, 0.05) is 22.9 Å². The van der Waals surface area contributed by atoms with Crippen LogP contribution in [0.4, 0.5) is 0 Å². The highest BCUT2D eigenvalue weighted by Gasteiger charge is 2.48. The maximum Gasteiger partial charge on any atom is 0.217 e. The number of rotatable bonds is 3. The van der Waals surface area contributed by atoms with Crippen LogP contribution in [0, 0.1) is 0 Å². The van der Waals surface area contributed by atoms with Crippen LogP contribution in [0.15, 0.2) is 28.7 Å². The second kappa shape index (κ2) is 4.21. The molecule has 2 nitrogen and oxygen atoms in total. The zero-order chi connectivity index (χ0) is 11.8. The molecule has 1 aromatic rings. The number of hydrogen-bond donors (Lipinski definition) is 1. The van der Waals surface area contributed by atoms with E-state index in [9.17, 15) is 4.79 Å². The molecule has 1 unspecified atom stereocenters. The minimum absolute atomic E-state index is 0.0517. The molecule has 0 bridgehead atoms. The Balaban J connectivity index is 2.19. The molecule has 1 atom stereocenters. The molecule has 2 rings (SSSR count). The standard InChI is InChI=1S/C13H16BrNO/c1-9(15-10(2)16)13(7-8-13)11-3-5-12(14)6-4-11/h3-6,9H,7-8H2,1-2H3,(H,15,16). The second-order valence-electron chi connectivity index (χ2n) is 4.59. The molecule has 0 aliphatic heterocycles. The average molecular weight is 282 g/mol. The van der Waals surface area contributed by atoms with Gasteiger partial charge >= 0.3 is 0 Å². The molecule has 1 N–H and O–H groups in total. The Kier molecular flexibility index (Phi) is 3.06. The van der Waals surface area contributed by atoms with Gasteiger partial charge in [0.1, 0.15) is 0 Å². The third kappa shape index (κ3) is 2.14. The zero-order valence-electron chi connectivity index (χ0n) is 9.59. The van der Waals surface area contributed by atoms with E-state index < -0.39 is 0 Å². The highest BCUT2D eigenvalue weighted by atomic mass is 79.9. The summed E-state index contributed by atoms with van der Waals surface area (Å²) in [5.74, 6) is 0.0517. The Morgan fingerprint density at radius 3 is 2.38 bits per heavy atom. The molecule has 0 heterocycles. The first-order valence-corrected chi connectivity index (χ1v) is 6.37. The Hall–Kier alpha value is -0.830. The van der Waals surface area contributed by atoms with Crippen molar-refractivity contribution in [1.29, 1.82) is 0 Å². The predicted octanol–water partition coefficient (Wildman–Crippen LogP) is 3.01. The molecule has 86 valence electrons. The van der Waals surface area contributed by atoms with Gasteiger partial charge in [-0.2, -0.15) is 0 Å². The largest absolute Gasteiger partial charge is 0.353 e. The van der Waals surface area contributed by atoms with E-state index in [0.29, 0.717) is 0 Å². The first kappa shape index (κ1) is 11.6. The summed E-state index contributed by atoms with van der Waals surface area (Å²) in [5, 5.41) is 3.01. The second-order valence-corrected chi connectivity index (χ2v) is 5.50. The number of benzene rings is 1. The molecule has 1 aliphatic carbocycles. The van der Waals surface area contributed by atoms with Gasteiger partial charge in [-0.3, -0.25) is 4.79 Å². The van der Waals surface area contributed by atoms with Gasteiger partial charge < -0.3 is 5.32 Å². The van der Waals surface area contributed by atoms with E-state index in [1.54, 1.807) is 6.92 Å². The van der Waals surface area contributed by atoms with Gasteiger partial charge in [-0.1, -0.05) is 28.1 Å². The molecule has 16 heavy (non-hydrogen) atoms. The maximum atomic E-state index is 11.1. The molecule has 1 amide bonds. The maximum absolute atomic E-state index is 11.1. The number of nitrogens with one attached hydrogen (secondary N) is 1. The molecule has 3 heteroatoms. The summed E-state index contributed by atoms with van der Waals surface area (Å²) in [6, 6.07) is 8.64. The fraction of sp³-hybridized carbons (Fsp3) is 0.462. The summed E-state index contributed by atoms with van der Waals surface area (Å²) in [4.78, 5) is 11.1. The highest BCUT2D eigenvalue weighted by Crippen LogP contribution is 2.51. The highest BCUT2D eigenvalue weighted by molar-refractivity contribution is 9.10. The normalized spacial score (nSPS) is 18.9. The fourth-order valence-corrected chi connectivity index (χ4v) is 2.60. The topological polar surface area (TPSA) is 29.1 Å². The summed E-state index contributed by atoms with van der Waals surface area (Å²) in [5.41, 5.74) is 1.50. The summed E-state index contributed by atoms with van der Waals surface area (Å²) in [6.45, 7) is 3.67. The van der Waals surface area contributed by atoms with Crippen molar-refractivity contribution in [3.05, 3.63) is 34.3 Å². The molecule has 1 aliphatic rings. The van der Waals surface area contributed by atoms with E-state index in [2.05, 4.69) is 52.4 Å². The van der Waals surface area contributed by atoms with Crippen molar-refractivity contribution in [3.8, 4) is 0 Å². The lowest BCUT2D eigenvalue weighted by atomic mass is 9.89. The number of hydrogen-bond acceptors (Lipinski definition) is 1.